The van der Waals surface area contributed by atoms with Crippen LogP contribution in [0.15, 0.2) is 30.3 Å². The number of fused-ring (bicyclic) bond motifs is 1. The number of thioether (sulfide) groups is 1. The van der Waals surface area contributed by atoms with E-state index >= 15 is 0 Å². The standard InChI is InChI=1S/C25H31NO4S/c1-16-12-17(2)21-10-11-25(4,30-23(21)18(16)3)14-29-20-8-6-19(7-9-20)13-22(31-5)24(28)26-15-27/h6-9,12,15,22H,10-11,13-14H2,1-5H3,(H,26,27,28). The number of hydrogen-bond acceptors (Lipinski definition) is 5. The quantitative estimate of drug-likeness (QED) is 0.618. The Bertz CT molecular complexity index is 957. The van der Waals surface area contributed by atoms with Gasteiger partial charge in [0.05, 0.1) is 5.25 Å². The first-order valence-electron chi connectivity index (χ1n) is 10.5. The smallest absolute Gasteiger partial charge is 0.239 e. The van der Waals surface area contributed by atoms with Gasteiger partial charge in [-0.15, -0.1) is 0 Å². The third kappa shape index (κ3) is 5.42. The van der Waals surface area contributed by atoms with Gasteiger partial charge in [0.25, 0.3) is 0 Å². The first-order chi connectivity index (χ1) is 14.8. The second-order valence-electron chi connectivity index (χ2n) is 8.48. The van der Waals surface area contributed by atoms with E-state index in [0.29, 0.717) is 19.4 Å². The summed E-state index contributed by atoms with van der Waals surface area (Å²) in [7, 11) is 0. The highest BCUT2D eigenvalue weighted by atomic mass is 32.2. The number of carbonyl (C=O) groups excluding carboxylic acids is 2. The first-order valence-corrected chi connectivity index (χ1v) is 11.8. The molecule has 31 heavy (non-hydrogen) atoms. The van der Waals surface area contributed by atoms with Crippen LogP contribution in [0.25, 0.3) is 0 Å². The summed E-state index contributed by atoms with van der Waals surface area (Å²) >= 11 is 1.42. The number of aryl methyl sites for hydroxylation is 2. The summed E-state index contributed by atoms with van der Waals surface area (Å²) in [5, 5.41) is 1.92. The zero-order valence-corrected chi connectivity index (χ0v) is 19.7. The molecule has 2 unspecified atom stereocenters. The lowest BCUT2D eigenvalue weighted by Gasteiger charge is -2.37. The van der Waals surface area contributed by atoms with E-state index in [0.717, 1.165) is 29.9 Å². The molecule has 1 heterocycles. The second kappa shape index (κ2) is 9.77. The van der Waals surface area contributed by atoms with Crippen LogP contribution in [0.3, 0.4) is 0 Å². The molecule has 5 nitrogen and oxygen atoms in total. The minimum atomic E-state index is -0.381. The van der Waals surface area contributed by atoms with E-state index in [1.165, 1.54) is 34.0 Å². The van der Waals surface area contributed by atoms with Crippen LogP contribution in [0.1, 0.15) is 41.2 Å². The number of ether oxygens (including phenoxy) is 2. The third-order valence-corrected chi connectivity index (χ3v) is 6.98. The molecule has 1 N–H and O–H groups in total. The highest BCUT2D eigenvalue weighted by molar-refractivity contribution is 7.99. The third-order valence-electron chi connectivity index (χ3n) is 6.03. The van der Waals surface area contributed by atoms with Crippen molar-refractivity contribution >= 4 is 24.1 Å². The van der Waals surface area contributed by atoms with Crippen LogP contribution in [0.4, 0.5) is 0 Å². The van der Waals surface area contributed by atoms with Gasteiger partial charge >= 0.3 is 0 Å². The molecule has 1 aliphatic rings. The van der Waals surface area contributed by atoms with Gasteiger partial charge in [0.15, 0.2) is 0 Å². The van der Waals surface area contributed by atoms with Gasteiger partial charge < -0.3 is 9.47 Å². The molecule has 0 saturated heterocycles. The molecule has 2 atom stereocenters. The van der Waals surface area contributed by atoms with Crippen molar-refractivity contribution in [3.05, 3.63) is 58.1 Å². The molecular weight excluding hydrogens is 410 g/mol. The van der Waals surface area contributed by atoms with Gasteiger partial charge in [-0.3, -0.25) is 14.9 Å². The van der Waals surface area contributed by atoms with E-state index < -0.39 is 0 Å². The monoisotopic (exact) mass is 441 g/mol. The lowest BCUT2D eigenvalue weighted by atomic mass is 9.88. The Morgan fingerprint density at radius 3 is 2.61 bits per heavy atom. The summed E-state index contributed by atoms with van der Waals surface area (Å²) in [6.07, 6.45) is 4.73. The molecule has 166 valence electrons. The van der Waals surface area contributed by atoms with Gasteiger partial charge in [0.1, 0.15) is 23.7 Å². The van der Waals surface area contributed by atoms with Crippen LogP contribution in [0.2, 0.25) is 0 Å². The van der Waals surface area contributed by atoms with Gasteiger partial charge in [-0.1, -0.05) is 18.2 Å². The Labute approximate surface area is 188 Å². The molecule has 0 radical (unpaired) electrons. The van der Waals surface area contributed by atoms with Crippen molar-refractivity contribution in [2.75, 3.05) is 12.9 Å². The number of hydrogen-bond donors (Lipinski definition) is 1. The molecule has 3 rings (SSSR count). The molecule has 2 aromatic rings. The topological polar surface area (TPSA) is 64.6 Å². The number of rotatable bonds is 8. The molecule has 1 aliphatic heterocycles. The number of imide groups is 1. The second-order valence-corrected chi connectivity index (χ2v) is 9.52. The van der Waals surface area contributed by atoms with Crippen molar-refractivity contribution in [2.45, 2.75) is 57.8 Å². The van der Waals surface area contributed by atoms with Crippen LogP contribution in [0.5, 0.6) is 11.5 Å². The van der Waals surface area contributed by atoms with Gasteiger partial charge in [0.2, 0.25) is 12.3 Å². The van der Waals surface area contributed by atoms with Gasteiger partial charge in [-0.05, 0) is 93.2 Å². The lowest BCUT2D eigenvalue weighted by Crippen LogP contribution is -2.42. The summed E-state index contributed by atoms with van der Waals surface area (Å²) in [4.78, 5) is 22.4. The highest BCUT2D eigenvalue weighted by Gasteiger charge is 2.34. The number of amides is 2. The van der Waals surface area contributed by atoms with Gasteiger partial charge in [-0.25, -0.2) is 0 Å². The zero-order chi connectivity index (χ0) is 22.6. The van der Waals surface area contributed by atoms with Crippen molar-refractivity contribution < 1.29 is 19.1 Å². The fourth-order valence-corrected chi connectivity index (χ4v) is 4.59. The van der Waals surface area contributed by atoms with E-state index in [4.69, 9.17) is 9.47 Å². The molecule has 0 aromatic heterocycles. The van der Waals surface area contributed by atoms with Crippen molar-refractivity contribution in [3.63, 3.8) is 0 Å². The molecular formula is C25H31NO4S. The molecule has 2 amide bonds. The van der Waals surface area contributed by atoms with E-state index in [-0.39, 0.29) is 16.8 Å². The van der Waals surface area contributed by atoms with Crippen molar-refractivity contribution in [3.8, 4) is 11.5 Å². The van der Waals surface area contributed by atoms with Crippen molar-refractivity contribution in [2.24, 2.45) is 0 Å². The molecule has 0 aliphatic carbocycles. The highest BCUT2D eigenvalue weighted by Crippen LogP contribution is 2.39. The van der Waals surface area contributed by atoms with Crippen LogP contribution in [-0.4, -0.2) is 36.0 Å². The molecule has 0 bridgehead atoms. The molecule has 0 fully saturated rings. The maximum absolute atomic E-state index is 11.9. The van der Waals surface area contributed by atoms with Crippen LogP contribution in [0, 0.1) is 20.8 Å². The van der Waals surface area contributed by atoms with Crippen LogP contribution < -0.4 is 14.8 Å². The normalized spacial score (nSPS) is 18.5. The Morgan fingerprint density at radius 2 is 1.97 bits per heavy atom. The van der Waals surface area contributed by atoms with Crippen molar-refractivity contribution in [1.82, 2.24) is 5.32 Å². The predicted octanol–water partition coefficient (Wildman–Crippen LogP) is 4.32. The summed E-state index contributed by atoms with van der Waals surface area (Å²) in [5.74, 6) is 1.52. The SMILES string of the molecule is CSC(Cc1ccc(OCC2(C)CCc3c(C)cc(C)c(C)c3O2)cc1)C(=O)NC=O. The predicted molar refractivity (Wildman–Crippen MR) is 125 cm³/mol. The Balaban J connectivity index is 1.63. The van der Waals surface area contributed by atoms with Crippen LogP contribution >= 0.6 is 11.8 Å². The van der Waals surface area contributed by atoms with E-state index in [9.17, 15) is 9.59 Å². The van der Waals surface area contributed by atoms with Gasteiger partial charge in [-0.2, -0.15) is 11.8 Å². The molecule has 2 aromatic carbocycles. The molecule has 6 heteroatoms. The average Bonchev–Trinajstić information content (AvgIpc) is 2.75. The summed E-state index contributed by atoms with van der Waals surface area (Å²) < 4.78 is 12.6. The first kappa shape index (κ1) is 23.2. The molecule has 0 saturated carbocycles. The Morgan fingerprint density at radius 1 is 1.26 bits per heavy atom. The fourth-order valence-electron chi connectivity index (χ4n) is 3.95. The van der Waals surface area contributed by atoms with Gasteiger partial charge in [0, 0.05) is 0 Å². The lowest BCUT2D eigenvalue weighted by molar-refractivity contribution is -0.124. The minimum Gasteiger partial charge on any atom is -0.489 e. The summed E-state index contributed by atoms with van der Waals surface area (Å²) in [5.41, 5.74) is 5.70. The Hall–Kier alpha value is -2.47. The van der Waals surface area contributed by atoms with E-state index in [2.05, 4.69) is 39.1 Å². The summed E-state index contributed by atoms with van der Waals surface area (Å²) in [6, 6.07) is 10.0. The Kier molecular flexibility index (Phi) is 7.31. The van der Waals surface area contributed by atoms with Crippen molar-refractivity contribution in [1.29, 1.82) is 0 Å². The fraction of sp³-hybridized carbons (Fsp3) is 0.440. The van der Waals surface area contributed by atoms with E-state index in [1.54, 1.807) is 0 Å². The number of carbonyl (C=O) groups is 2. The van der Waals surface area contributed by atoms with E-state index in [1.807, 2.05) is 30.5 Å². The largest absolute Gasteiger partial charge is 0.489 e. The maximum atomic E-state index is 11.9. The summed E-state index contributed by atoms with van der Waals surface area (Å²) in [6.45, 7) is 8.97. The number of benzene rings is 2. The number of nitrogens with one attached hydrogen (secondary N) is 1. The van der Waals surface area contributed by atoms with Crippen LogP contribution in [-0.2, 0) is 22.4 Å². The average molecular weight is 442 g/mol. The zero-order valence-electron chi connectivity index (χ0n) is 18.9. The molecule has 0 spiro atoms. The maximum Gasteiger partial charge on any atom is 0.239 e. The minimum absolute atomic E-state index is 0.272.